The lowest BCUT2D eigenvalue weighted by Crippen LogP contribution is -2.38. The molecule has 3 atom stereocenters. The molecule has 4 rings (SSSR count). The van der Waals surface area contributed by atoms with Crippen molar-refractivity contribution in [3.05, 3.63) is 53.3 Å². The highest BCUT2D eigenvalue weighted by Crippen LogP contribution is 2.34. The molecule has 0 radical (unpaired) electrons. The molecule has 1 aromatic heterocycles. The van der Waals surface area contributed by atoms with E-state index in [1.807, 2.05) is 18.5 Å². The Morgan fingerprint density at radius 2 is 2.20 bits per heavy atom. The third kappa shape index (κ3) is 3.47. The summed E-state index contributed by atoms with van der Waals surface area (Å²) in [6.45, 7) is 1.43. The molecule has 2 aromatic rings. The zero-order valence-corrected chi connectivity index (χ0v) is 14.4. The number of aromatic amines is 1. The number of carbonyl (C=O) groups is 1. The normalized spacial score (nSPS) is 26.0. The van der Waals surface area contributed by atoms with E-state index in [0.29, 0.717) is 12.5 Å². The third-order valence-corrected chi connectivity index (χ3v) is 5.52. The fourth-order valence-electron chi connectivity index (χ4n) is 4.22. The van der Waals surface area contributed by atoms with Crippen LogP contribution < -0.4 is 5.32 Å². The van der Waals surface area contributed by atoms with Gasteiger partial charge in [-0.2, -0.15) is 5.10 Å². The fraction of sp³-hybridized carbons (Fsp3) is 0.500. The summed E-state index contributed by atoms with van der Waals surface area (Å²) in [5.74, 6) is 0.444. The third-order valence-electron chi connectivity index (χ3n) is 5.52. The average molecular weight is 339 g/mol. The number of ether oxygens (including phenoxy) is 1. The van der Waals surface area contributed by atoms with E-state index in [1.54, 1.807) is 0 Å². The molecule has 1 saturated heterocycles. The minimum atomic E-state index is -0.0122. The second-order valence-corrected chi connectivity index (χ2v) is 7.11. The van der Waals surface area contributed by atoms with Crippen LogP contribution >= 0.6 is 0 Å². The molecule has 1 aliphatic carbocycles. The van der Waals surface area contributed by atoms with Crippen LogP contribution in [0.2, 0.25) is 0 Å². The van der Waals surface area contributed by atoms with Gasteiger partial charge in [-0.05, 0) is 43.2 Å². The number of fused-ring (bicyclic) bond motifs is 1. The number of amides is 1. The lowest BCUT2D eigenvalue weighted by molar-refractivity contribution is -0.123. The Morgan fingerprint density at radius 1 is 1.28 bits per heavy atom. The molecule has 0 saturated carbocycles. The van der Waals surface area contributed by atoms with E-state index in [1.165, 1.54) is 11.1 Å². The molecule has 2 N–H and O–H groups in total. The van der Waals surface area contributed by atoms with E-state index in [2.05, 4.69) is 33.7 Å². The smallest absolute Gasteiger partial charge is 0.227 e. The first-order valence-electron chi connectivity index (χ1n) is 9.28. The molecule has 5 nitrogen and oxygen atoms in total. The summed E-state index contributed by atoms with van der Waals surface area (Å²) >= 11 is 0. The Morgan fingerprint density at radius 3 is 3.08 bits per heavy atom. The van der Waals surface area contributed by atoms with Gasteiger partial charge in [-0.1, -0.05) is 24.3 Å². The second kappa shape index (κ2) is 7.40. The number of carbonyl (C=O) groups excluding carboxylic acids is 1. The largest absolute Gasteiger partial charge is 0.373 e. The summed E-state index contributed by atoms with van der Waals surface area (Å²) in [6, 6.07) is 8.36. The molecule has 132 valence electrons. The van der Waals surface area contributed by atoms with Crippen molar-refractivity contribution in [2.45, 2.75) is 44.1 Å². The van der Waals surface area contributed by atoms with Crippen LogP contribution in [-0.4, -0.2) is 29.3 Å². The zero-order valence-electron chi connectivity index (χ0n) is 14.4. The van der Waals surface area contributed by atoms with Gasteiger partial charge in [0.05, 0.1) is 18.2 Å². The number of nitrogens with one attached hydrogen (secondary N) is 2. The summed E-state index contributed by atoms with van der Waals surface area (Å²) in [7, 11) is 0. The van der Waals surface area contributed by atoms with Crippen LogP contribution in [0.4, 0.5) is 0 Å². The lowest BCUT2D eigenvalue weighted by Gasteiger charge is -2.32. The van der Waals surface area contributed by atoms with Crippen LogP contribution in [0.1, 0.15) is 54.4 Å². The molecular formula is C20H25N3O2. The molecule has 1 unspecified atom stereocenters. The van der Waals surface area contributed by atoms with E-state index in [9.17, 15) is 4.79 Å². The fourth-order valence-corrected chi connectivity index (χ4v) is 4.22. The summed E-state index contributed by atoms with van der Waals surface area (Å²) < 4.78 is 5.96. The van der Waals surface area contributed by atoms with Crippen molar-refractivity contribution in [2.24, 2.45) is 5.92 Å². The summed E-state index contributed by atoms with van der Waals surface area (Å²) in [6.07, 6.45) is 8.95. The highest BCUT2D eigenvalue weighted by molar-refractivity contribution is 5.84. The van der Waals surface area contributed by atoms with Crippen molar-refractivity contribution < 1.29 is 9.53 Å². The molecule has 2 heterocycles. The van der Waals surface area contributed by atoms with E-state index >= 15 is 0 Å². The molecule has 2 aliphatic rings. The number of hydrogen-bond donors (Lipinski definition) is 2. The molecular weight excluding hydrogens is 314 g/mol. The van der Waals surface area contributed by atoms with Gasteiger partial charge >= 0.3 is 0 Å². The monoisotopic (exact) mass is 339 g/mol. The van der Waals surface area contributed by atoms with E-state index in [4.69, 9.17) is 4.74 Å². The Kier molecular flexibility index (Phi) is 4.83. The van der Waals surface area contributed by atoms with Gasteiger partial charge in [0.2, 0.25) is 5.91 Å². The van der Waals surface area contributed by atoms with Gasteiger partial charge in [-0.15, -0.1) is 0 Å². The van der Waals surface area contributed by atoms with Crippen molar-refractivity contribution in [1.29, 1.82) is 0 Å². The molecule has 5 heteroatoms. The van der Waals surface area contributed by atoms with E-state index in [-0.39, 0.29) is 17.9 Å². The Balaban J connectivity index is 1.42. The van der Waals surface area contributed by atoms with Gasteiger partial charge in [0.1, 0.15) is 0 Å². The maximum atomic E-state index is 12.8. The van der Waals surface area contributed by atoms with Crippen molar-refractivity contribution in [2.75, 3.05) is 13.2 Å². The van der Waals surface area contributed by atoms with Gasteiger partial charge in [-0.3, -0.25) is 9.89 Å². The Hall–Kier alpha value is -2.14. The maximum absolute atomic E-state index is 12.8. The Bertz CT molecular complexity index is 713. The highest BCUT2D eigenvalue weighted by Gasteiger charge is 2.30. The van der Waals surface area contributed by atoms with Crippen LogP contribution in [0.5, 0.6) is 0 Å². The van der Waals surface area contributed by atoms with Crippen LogP contribution in [-0.2, 0) is 16.0 Å². The second-order valence-electron chi connectivity index (χ2n) is 7.11. The minimum absolute atomic E-state index is 0.0122. The Labute approximate surface area is 148 Å². The first kappa shape index (κ1) is 16.3. The first-order valence-corrected chi connectivity index (χ1v) is 9.28. The van der Waals surface area contributed by atoms with Crippen molar-refractivity contribution >= 4 is 5.91 Å². The summed E-state index contributed by atoms with van der Waals surface area (Å²) in [4.78, 5) is 12.8. The van der Waals surface area contributed by atoms with Crippen LogP contribution in [0.25, 0.3) is 0 Å². The van der Waals surface area contributed by atoms with Gasteiger partial charge < -0.3 is 10.1 Å². The molecule has 1 aromatic carbocycles. The first-order chi connectivity index (χ1) is 12.3. The number of nitrogens with zero attached hydrogens (tertiary/aromatic N) is 1. The lowest BCUT2D eigenvalue weighted by atomic mass is 9.82. The van der Waals surface area contributed by atoms with Gasteiger partial charge in [0, 0.05) is 30.8 Å². The molecule has 1 aliphatic heterocycles. The topological polar surface area (TPSA) is 67.0 Å². The standard InChI is InChI=1S/C20H25N3O2/c24-20(18-9-3-6-14-5-1-2-8-17(14)18)21-11-15-7-4-10-25-19(15)16-12-22-23-13-16/h1-2,5,8,12-13,15,18-19H,3-4,6-7,9-11H2,(H,21,24)(H,22,23)/t15-,18?,19+/m0/s1. The molecule has 0 spiro atoms. The molecule has 0 bridgehead atoms. The minimum Gasteiger partial charge on any atom is -0.373 e. The van der Waals surface area contributed by atoms with Crippen molar-refractivity contribution in [3.8, 4) is 0 Å². The molecule has 1 fully saturated rings. The van der Waals surface area contributed by atoms with Gasteiger partial charge in [0.25, 0.3) is 0 Å². The zero-order chi connectivity index (χ0) is 17.1. The number of rotatable bonds is 4. The SMILES string of the molecule is O=C(NC[C@@H]1CCCO[C@H]1c1cn[nH]c1)C1CCCc2ccccc21. The number of benzene rings is 1. The van der Waals surface area contributed by atoms with Crippen LogP contribution in [0.15, 0.2) is 36.7 Å². The number of H-pyrrole nitrogens is 1. The predicted molar refractivity (Wildman–Crippen MR) is 95.1 cm³/mol. The number of aromatic nitrogens is 2. The summed E-state index contributed by atoms with van der Waals surface area (Å²) in [5, 5.41) is 10.1. The maximum Gasteiger partial charge on any atom is 0.227 e. The van der Waals surface area contributed by atoms with Crippen molar-refractivity contribution in [3.63, 3.8) is 0 Å². The van der Waals surface area contributed by atoms with Gasteiger partial charge in [0.15, 0.2) is 0 Å². The van der Waals surface area contributed by atoms with Crippen molar-refractivity contribution in [1.82, 2.24) is 15.5 Å². The molecule has 1 amide bonds. The van der Waals surface area contributed by atoms with Crippen LogP contribution in [0.3, 0.4) is 0 Å². The van der Waals surface area contributed by atoms with E-state index < -0.39 is 0 Å². The summed E-state index contributed by atoms with van der Waals surface area (Å²) in [5.41, 5.74) is 3.60. The van der Waals surface area contributed by atoms with Gasteiger partial charge in [-0.25, -0.2) is 0 Å². The van der Waals surface area contributed by atoms with E-state index in [0.717, 1.165) is 44.3 Å². The predicted octanol–water partition coefficient (Wildman–Crippen LogP) is 3.11. The number of hydrogen-bond acceptors (Lipinski definition) is 3. The average Bonchev–Trinajstić information content (AvgIpc) is 3.20. The molecule has 25 heavy (non-hydrogen) atoms. The van der Waals surface area contributed by atoms with Crippen LogP contribution in [0, 0.1) is 5.92 Å². The quantitative estimate of drug-likeness (QED) is 0.899. The number of aryl methyl sites for hydroxylation is 1. The highest BCUT2D eigenvalue weighted by atomic mass is 16.5.